The van der Waals surface area contributed by atoms with Crippen LogP contribution >= 0.6 is 0 Å². The van der Waals surface area contributed by atoms with Crippen molar-refractivity contribution in [2.45, 2.75) is 45.4 Å². The van der Waals surface area contributed by atoms with Crippen LogP contribution < -0.4 is 0 Å². The second-order valence-electron chi connectivity index (χ2n) is 4.90. The van der Waals surface area contributed by atoms with Gasteiger partial charge in [-0.15, -0.1) is 0 Å². The molecule has 1 saturated heterocycles. The van der Waals surface area contributed by atoms with Crippen LogP contribution in [0.3, 0.4) is 0 Å². The highest BCUT2D eigenvalue weighted by Gasteiger charge is 2.31. The smallest absolute Gasteiger partial charge is 0.225 e. The molecule has 1 aliphatic heterocycles. The normalized spacial score (nSPS) is 33.4. The van der Waals surface area contributed by atoms with E-state index in [0.717, 1.165) is 19.5 Å². The van der Waals surface area contributed by atoms with Gasteiger partial charge in [0.1, 0.15) is 0 Å². The van der Waals surface area contributed by atoms with Gasteiger partial charge in [0.15, 0.2) is 0 Å². The highest BCUT2D eigenvalue weighted by Crippen LogP contribution is 2.31. The first-order valence-electron chi connectivity index (χ1n) is 6.08. The minimum Gasteiger partial charge on any atom is -0.342 e. The van der Waals surface area contributed by atoms with Crippen molar-refractivity contribution in [2.24, 2.45) is 11.8 Å². The lowest BCUT2D eigenvalue weighted by Crippen LogP contribution is -2.37. The Balaban J connectivity index is 1.94. The van der Waals surface area contributed by atoms with Crippen LogP contribution in [0, 0.1) is 11.8 Å². The molecule has 1 amide bonds. The van der Waals surface area contributed by atoms with E-state index in [1.54, 1.807) is 0 Å². The van der Waals surface area contributed by atoms with Gasteiger partial charge >= 0.3 is 0 Å². The Labute approximate surface area is 86.7 Å². The fourth-order valence-electron chi connectivity index (χ4n) is 2.86. The molecule has 2 nitrogen and oxygen atoms in total. The largest absolute Gasteiger partial charge is 0.342 e. The summed E-state index contributed by atoms with van der Waals surface area (Å²) in [7, 11) is 0. The van der Waals surface area contributed by atoms with Crippen molar-refractivity contribution in [1.29, 1.82) is 0 Å². The van der Waals surface area contributed by atoms with Crippen molar-refractivity contribution >= 4 is 5.91 Å². The standard InChI is InChI=1S/C12H21NO/c1-10-6-2-3-7-11(10)12(14)13-8-4-5-9-13/h10-11H,2-9H2,1H3/t10-,11-/m0/s1. The van der Waals surface area contributed by atoms with E-state index >= 15 is 0 Å². The molecule has 1 heterocycles. The Morgan fingerprint density at radius 3 is 2.36 bits per heavy atom. The van der Waals surface area contributed by atoms with E-state index in [0.29, 0.717) is 17.7 Å². The van der Waals surface area contributed by atoms with Crippen molar-refractivity contribution < 1.29 is 4.79 Å². The SMILES string of the molecule is C[C@H]1CCCC[C@@H]1C(=O)N1CCCC1. The zero-order valence-electron chi connectivity index (χ0n) is 9.17. The molecular formula is C12H21NO. The van der Waals surface area contributed by atoms with E-state index < -0.39 is 0 Å². The van der Waals surface area contributed by atoms with E-state index in [1.165, 1.54) is 32.1 Å². The highest BCUT2D eigenvalue weighted by atomic mass is 16.2. The van der Waals surface area contributed by atoms with Crippen molar-refractivity contribution in [2.75, 3.05) is 13.1 Å². The molecule has 80 valence electrons. The third-order valence-electron chi connectivity index (χ3n) is 3.85. The molecule has 1 saturated carbocycles. The molecule has 2 heteroatoms. The van der Waals surface area contributed by atoms with Gasteiger partial charge in [-0.1, -0.05) is 19.8 Å². The van der Waals surface area contributed by atoms with Crippen LogP contribution in [0.25, 0.3) is 0 Å². The number of carbonyl (C=O) groups is 1. The minimum atomic E-state index is 0.349. The average molecular weight is 195 g/mol. The Morgan fingerprint density at radius 2 is 1.71 bits per heavy atom. The first-order chi connectivity index (χ1) is 6.79. The molecule has 14 heavy (non-hydrogen) atoms. The van der Waals surface area contributed by atoms with Crippen LogP contribution in [-0.2, 0) is 4.79 Å². The molecule has 0 aromatic heterocycles. The molecule has 0 aromatic carbocycles. The monoisotopic (exact) mass is 195 g/mol. The maximum atomic E-state index is 12.1. The Bertz CT molecular complexity index is 208. The molecule has 0 aromatic rings. The molecule has 2 atom stereocenters. The number of likely N-dealkylation sites (tertiary alicyclic amines) is 1. The van der Waals surface area contributed by atoms with Crippen LogP contribution in [0.5, 0.6) is 0 Å². The van der Waals surface area contributed by atoms with Crippen molar-refractivity contribution in [1.82, 2.24) is 4.90 Å². The van der Waals surface area contributed by atoms with Gasteiger partial charge in [-0.2, -0.15) is 0 Å². The summed E-state index contributed by atoms with van der Waals surface area (Å²) in [4.78, 5) is 14.2. The molecule has 0 radical (unpaired) electrons. The molecule has 2 aliphatic rings. The lowest BCUT2D eigenvalue weighted by atomic mass is 9.79. The van der Waals surface area contributed by atoms with Gasteiger partial charge in [0.05, 0.1) is 0 Å². The van der Waals surface area contributed by atoms with Gasteiger partial charge in [-0.05, 0) is 31.6 Å². The summed E-state index contributed by atoms with van der Waals surface area (Å²) < 4.78 is 0. The lowest BCUT2D eigenvalue weighted by Gasteiger charge is -2.31. The van der Waals surface area contributed by atoms with E-state index in [2.05, 4.69) is 11.8 Å². The van der Waals surface area contributed by atoms with E-state index in [9.17, 15) is 4.79 Å². The molecule has 0 bridgehead atoms. The summed E-state index contributed by atoms with van der Waals surface area (Å²) >= 11 is 0. The van der Waals surface area contributed by atoms with Gasteiger partial charge in [0, 0.05) is 19.0 Å². The number of carbonyl (C=O) groups excluding carboxylic acids is 1. The summed E-state index contributed by atoms with van der Waals surface area (Å²) in [5.41, 5.74) is 0. The summed E-state index contributed by atoms with van der Waals surface area (Å²) in [6.07, 6.45) is 7.40. The third kappa shape index (κ3) is 1.94. The third-order valence-corrected chi connectivity index (χ3v) is 3.85. The van der Waals surface area contributed by atoms with Crippen LogP contribution in [-0.4, -0.2) is 23.9 Å². The first kappa shape index (κ1) is 10.0. The van der Waals surface area contributed by atoms with Crippen LogP contribution in [0.4, 0.5) is 0 Å². The number of nitrogens with zero attached hydrogens (tertiary/aromatic N) is 1. The average Bonchev–Trinajstić information content (AvgIpc) is 2.70. The predicted molar refractivity (Wildman–Crippen MR) is 56.9 cm³/mol. The molecule has 1 aliphatic carbocycles. The van der Waals surface area contributed by atoms with Gasteiger partial charge < -0.3 is 4.90 Å². The van der Waals surface area contributed by atoms with Crippen molar-refractivity contribution in [3.05, 3.63) is 0 Å². The topological polar surface area (TPSA) is 20.3 Å². The number of hydrogen-bond donors (Lipinski definition) is 0. The zero-order valence-corrected chi connectivity index (χ0v) is 9.17. The summed E-state index contributed by atoms with van der Waals surface area (Å²) in [6, 6.07) is 0. The van der Waals surface area contributed by atoms with Gasteiger partial charge in [0.2, 0.25) is 5.91 Å². The molecule has 2 fully saturated rings. The molecule has 0 unspecified atom stereocenters. The van der Waals surface area contributed by atoms with E-state index in [1.807, 2.05) is 0 Å². The van der Waals surface area contributed by atoms with Crippen LogP contribution in [0.1, 0.15) is 45.4 Å². The Morgan fingerprint density at radius 1 is 1.07 bits per heavy atom. The van der Waals surface area contributed by atoms with Crippen LogP contribution in [0.2, 0.25) is 0 Å². The van der Waals surface area contributed by atoms with Crippen LogP contribution in [0.15, 0.2) is 0 Å². The summed E-state index contributed by atoms with van der Waals surface area (Å²) in [5.74, 6) is 1.42. The zero-order chi connectivity index (χ0) is 9.97. The molecule has 0 spiro atoms. The second kappa shape index (κ2) is 4.33. The number of amides is 1. The number of hydrogen-bond acceptors (Lipinski definition) is 1. The molecule has 2 rings (SSSR count). The van der Waals surface area contributed by atoms with E-state index in [4.69, 9.17) is 0 Å². The Kier molecular flexibility index (Phi) is 3.09. The van der Waals surface area contributed by atoms with Crippen molar-refractivity contribution in [3.63, 3.8) is 0 Å². The summed E-state index contributed by atoms with van der Waals surface area (Å²) in [6.45, 7) is 4.28. The van der Waals surface area contributed by atoms with E-state index in [-0.39, 0.29) is 0 Å². The van der Waals surface area contributed by atoms with Gasteiger partial charge in [-0.25, -0.2) is 0 Å². The second-order valence-corrected chi connectivity index (χ2v) is 4.90. The van der Waals surface area contributed by atoms with Crippen molar-refractivity contribution in [3.8, 4) is 0 Å². The minimum absolute atomic E-state index is 0.349. The Hall–Kier alpha value is -0.530. The highest BCUT2D eigenvalue weighted by molar-refractivity contribution is 5.79. The maximum Gasteiger partial charge on any atom is 0.225 e. The fourth-order valence-corrected chi connectivity index (χ4v) is 2.86. The predicted octanol–water partition coefficient (Wildman–Crippen LogP) is 2.44. The lowest BCUT2D eigenvalue weighted by molar-refractivity contribution is -0.137. The first-order valence-corrected chi connectivity index (χ1v) is 6.08. The van der Waals surface area contributed by atoms with Gasteiger partial charge in [0.25, 0.3) is 0 Å². The molecule has 0 N–H and O–H groups in total. The maximum absolute atomic E-state index is 12.1. The van der Waals surface area contributed by atoms with Gasteiger partial charge in [-0.3, -0.25) is 4.79 Å². The fraction of sp³-hybridized carbons (Fsp3) is 0.917. The summed E-state index contributed by atoms with van der Waals surface area (Å²) in [5, 5.41) is 0. The number of rotatable bonds is 1. The quantitative estimate of drug-likeness (QED) is 0.629. The molecular weight excluding hydrogens is 174 g/mol.